The number of fused-ring (bicyclic) bond motifs is 2. The zero-order valence-corrected chi connectivity index (χ0v) is 7.66. The molecule has 0 aromatic heterocycles. The van der Waals surface area contributed by atoms with Gasteiger partial charge in [0.2, 0.25) is 0 Å². The first-order chi connectivity index (χ1) is 7.34. The zero-order valence-electron chi connectivity index (χ0n) is 8.66. The lowest BCUT2D eigenvalue weighted by Gasteiger charge is -2.19. The maximum Gasteiger partial charge on any atom is 0.130 e. The topological polar surface area (TPSA) is 9.23 Å². The first kappa shape index (κ1) is 6.66. The van der Waals surface area contributed by atoms with Crippen LogP contribution in [0.25, 0.3) is 0 Å². The lowest BCUT2D eigenvalue weighted by molar-refractivity contribution is 0.460. The Balaban J connectivity index is 2.15. The van der Waals surface area contributed by atoms with Crippen molar-refractivity contribution in [1.29, 1.82) is 0 Å². The second-order valence-corrected chi connectivity index (χ2v) is 3.40. The molecule has 0 fully saturated rings. The highest BCUT2D eigenvalue weighted by molar-refractivity contribution is 5.49. The minimum atomic E-state index is 0.557. The van der Waals surface area contributed by atoms with Crippen molar-refractivity contribution in [3.63, 3.8) is 0 Å². The highest BCUT2D eigenvalue weighted by Gasteiger charge is 2.14. The van der Waals surface area contributed by atoms with Crippen LogP contribution in [0.4, 0.5) is 0 Å². The Hall–Kier alpha value is -1.76. The van der Waals surface area contributed by atoms with Crippen molar-refractivity contribution in [3.05, 3.63) is 59.6 Å². The van der Waals surface area contributed by atoms with E-state index in [1.807, 2.05) is 36.4 Å². The highest BCUT2D eigenvalue weighted by atomic mass is 16.5. The van der Waals surface area contributed by atoms with Gasteiger partial charge in [0.15, 0.2) is 0 Å². The number of rotatable bonds is 0. The monoisotopic (exact) mass is 183 g/mol. The quantitative estimate of drug-likeness (QED) is 0.519. The van der Waals surface area contributed by atoms with Gasteiger partial charge in [-0.2, -0.15) is 0 Å². The predicted octanol–water partition coefficient (Wildman–Crippen LogP) is 3.38. The molecule has 0 bridgehead atoms. The van der Waals surface area contributed by atoms with Gasteiger partial charge in [0, 0.05) is 6.42 Å². The molecule has 14 heavy (non-hydrogen) atoms. The number of ether oxygens (including phenoxy) is 1. The summed E-state index contributed by atoms with van der Waals surface area (Å²) in [7, 11) is 0. The molecule has 0 saturated heterocycles. The first-order valence-corrected chi connectivity index (χ1v) is 4.69. The van der Waals surface area contributed by atoms with Crippen molar-refractivity contribution in [3.8, 4) is 11.5 Å². The molecule has 0 radical (unpaired) electrons. The van der Waals surface area contributed by atoms with E-state index in [2.05, 4.69) is 0 Å². The van der Waals surface area contributed by atoms with Gasteiger partial charge in [-0.15, -0.1) is 0 Å². The number of hydrogen-bond acceptors (Lipinski definition) is 1. The smallest absolute Gasteiger partial charge is 0.130 e. The molecule has 0 spiro atoms. The number of para-hydroxylation sites is 2. The van der Waals surface area contributed by atoms with Gasteiger partial charge in [-0.3, -0.25) is 0 Å². The van der Waals surface area contributed by atoms with Crippen molar-refractivity contribution in [2.75, 3.05) is 0 Å². The van der Waals surface area contributed by atoms with Crippen molar-refractivity contribution in [2.45, 2.75) is 6.42 Å². The third-order valence-electron chi connectivity index (χ3n) is 2.46. The van der Waals surface area contributed by atoms with E-state index in [1.54, 1.807) is 6.07 Å². The standard InChI is InChI=1S/C13H10O/c1-3-7-12-10(5-1)9-11-6-2-4-8-13(11)14-12/h1-8H,9H2/i5D. The van der Waals surface area contributed by atoms with Crippen LogP contribution in [0, 0.1) is 0 Å². The largest absolute Gasteiger partial charge is 0.457 e. The minimum Gasteiger partial charge on any atom is -0.457 e. The molecule has 0 unspecified atom stereocenters. The summed E-state index contributed by atoms with van der Waals surface area (Å²) in [6, 6.07) is 14.1. The summed E-state index contributed by atoms with van der Waals surface area (Å²) in [5, 5.41) is 0. The second-order valence-electron chi connectivity index (χ2n) is 3.40. The normalized spacial score (nSPS) is 13.6. The van der Waals surface area contributed by atoms with Crippen LogP contribution >= 0.6 is 0 Å². The average Bonchev–Trinajstić information content (AvgIpc) is 2.27. The molecule has 0 atom stereocenters. The lowest BCUT2D eigenvalue weighted by atomic mass is 10.0. The molecular weight excluding hydrogens is 172 g/mol. The average molecular weight is 183 g/mol. The Bertz CT molecular complexity index is 520. The summed E-state index contributed by atoms with van der Waals surface area (Å²) in [6.07, 6.45) is 0.797. The summed E-state index contributed by atoms with van der Waals surface area (Å²) in [6.45, 7) is 0. The summed E-state index contributed by atoms with van der Waals surface area (Å²) in [5.74, 6) is 1.73. The molecule has 0 saturated carbocycles. The summed E-state index contributed by atoms with van der Waals surface area (Å²) < 4.78 is 13.5. The van der Waals surface area contributed by atoms with Crippen LogP contribution < -0.4 is 4.74 Å². The maximum atomic E-state index is 7.81. The fraction of sp³-hybridized carbons (Fsp3) is 0.0769. The Kier molecular flexibility index (Phi) is 1.37. The van der Waals surface area contributed by atoms with E-state index in [4.69, 9.17) is 6.11 Å². The molecule has 1 heterocycles. The van der Waals surface area contributed by atoms with Crippen molar-refractivity contribution in [1.82, 2.24) is 0 Å². The predicted molar refractivity (Wildman–Crippen MR) is 55.8 cm³/mol. The van der Waals surface area contributed by atoms with Gasteiger partial charge < -0.3 is 4.74 Å². The summed E-state index contributed by atoms with van der Waals surface area (Å²) in [4.78, 5) is 0. The Morgan fingerprint density at radius 3 is 2.57 bits per heavy atom. The van der Waals surface area contributed by atoms with E-state index < -0.39 is 0 Å². The van der Waals surface area contributed by atoms with Gasteiger partial charge in [-0.1, -0.05) is 36.4 Å². The fourth-order valence-corrected chi connectivity index (χ4v) is 1.75. The van der Waals surface area contributed by atoms with Crippen LogP contribution in [-0.4, -0.2) is 0 Å². The van der Waals surface area contributed by atoms with E-state index in [1.165, 1.54) is 0 Å². The van der Waals surface area contributed by atoms with Crippen LogP contribution in [0.1, 0.15) is 12.5 Å². The van der Waals surface area contributed by atoms with E-state index in [0.29, 0.717) is 6.04 Å². The van der Waals surface area contributed by atoms with E-state index in [9.17, 15) is 0 Å². The maximum absolute atomic E-state index is 7.81. The van der Waals surface area contributed by atoms with Gasteiger partial charge in [0.1, 0.15) is 11.5 Å². The van der Waals surface area contributed by atoms with Crippen LogP contribution in [0.5, 0.6) is 11.5 Å². The third-order valence-corrected chi connectivity index (χ3v) is 2.46. The lowest BCUT2D eigenvalue weighted by Crippen LogP contribution is -2.01. The van der Waals surface area contributed by atoms with Crippen LogP contribution in [0.3, 0.4) is 0 Å². The molecule has 1 aliphatic heterocycles. The van der Waals surface area contributed by atoms with E-state index in [-0.39, 0.29) is 0 Å². The first-order valence-electron chi connectivity index (χ1n) is 5.19. The third kappa shape index (κ3) is 1.10. The molecule has 0 amide bonds. The SMILES string of the molecule is [2H]c1cccc2c1Cc1ccccc1O2. The van der Waals surface area contributed by atoms with E-state index in [0.717, 1.165) is 29.0 Å². The number of hydrogen-bond donors (Lipinski definition) is 0. The van der Waals surface area contributed by atoms with Gasteiger partial charge in [-0.25, -0.2) is 0 Å². The van der Waals surface area contributed by atoms with E-state index >= 15 is 0 Å². The second kappa shape index (κ2) is 2.88. The van der Waals surface area contributed by atoms with Crippen LogP contribution in [0.2, 0.25) is 0 Å². The van der Waals surface area contributed by atoms with Crippen molar-refractivity contribution in [2.24, 2.45) is 0 Å². The molecule has 2 aromatic rings. The molecular formula is C13H10O. The molecule has 0 N–H and O–H groups in total. The zero-order chi connectivity index (χ0) is 10.3. The van der Waals surface area contributed by atoms with Gasteiger partial charge in [0.05, 0.1) is 1.37 Å². The van der Waals surface area contributed by atoms with Crippen LogP contribution in [-0.2, 0) is 6.42 Å². The summed E-state index contributed by atoms with van der Waals surface area (Å²) >= 11 is 0. The summed E-state index contributed by atoms with van der Waals surface area (Å²) in [5.41, 5.74) is 2.14. The molecule has 1 heteroatoms. The van der Waals surface area contributed by atoms with Crippen molar-refractivity contribution >= 4 is 0 Å². The molecule has 1 aliphatic rings. The Morgan fingerprint density at radius 1 is 0.929 bits per heavy atom. The van der Waals surface area contributed by atoms with Gasteiger partial charge >= 0.3 is 0 Å². The Labute approximate surface area is 84.4 Å². The minimum absolute atomic E-state index is 0.557. The van der Waals surface area contributed by atoms with Gasteiger partial charge in [-0.05, 0) is 23.3 Å². The molecule has 0 aliphatic carbocycles. The molecule has 68 valence electrons. The Morgan fingerprint density at radius 2 is 1.64 bits per heavy atom. The van der Waals surface area contributed by atoms with Crippen molar-refractivity contribution < 1.29 is 6.11 Å². The van der Waals surface area contributed by atoms with Gasteiger partial charge in [0.25, 0.3) is 0 Å². The van der Waals surface area contributed by atoms with Crippen LogP contribution in [0.15, 0.2) is 48.5 Å². The molecule has 2 aromatic carbocycles. The fourth-order valence-electron chi connectivity index (χ4n) is 1.75. The molecule has 3 rings (SSSR count). The highest BCUT2D eigenvalue weighted by Crippen LogP contribution is 2.35. The molecule has 1 nitrogen and oxygen atoms in total. The number of benzene rings is 2.